The topological polar surface area (TPSA) is 63.5 Å². The van der Waals surface area contributed by atoms with Gasteiger partial charge in [-0.15, -0.1) is 0 Å². The molecule has 1 aromatic rings. The van der Waals surface area contributed by atoms with Crippen LogP contribution in [-0.2, 0) is 9.47 Å². The highest BCUT2D eigenvalue weighted by molar-refractivity contribution is 5.48. The summed E-state index contributed by atoms with van der Waals surface area (Å²) >= 11 is 0. The number of benzene rings is 1. The first-order chi connectivity index (χ1) is 9.78. The van der Waals surface area contributed by atoms with E-state index in [4.69, 9.17) is 19.5 Å². The van der Waals surface area contributed by atoms with Crippen LogP contribution in [0.4, 0.5) is 5.69 Å². The summed E-state index contributed by atoms with van der Waals surface area (Å²) in [5.41, 5.74) is 0.797. The van der Waals surface area contributed by atoms with Crippen LogP contribution >= 0.6 is 0 Å². The Morgan fingerprint density at radius 2 is 2.20 bits per heavy atom. The summed E-state index contributed by atoms with van der Waals surface area (Å²) in [5.74, 6) is 0.690. The fourth-order valence-corrected chi connectivity index (χ4v) is 2.27. The molecule has 20 heavy (non-hydrogen) atoms. The van der Waals surface area contributed by atoms with Crippen molar-refractivity contribution in [3.05, 3.63) is 24.3 Å². The van der Waals surface area contributed by atoms with E-state index in [2.05, 4.69) is 5.32 Å². The van der Waals surface area contributed by atoms with Crippen molar-refractivity contribution in [2.45, 2.75) is 18.4 Å². The predicted molar refractivity (Wildman–Crippen MR) is 75.8 cm³/mol. The van der Waals surface area contributed by atoms with E-state index in [1.807, 2.05) is 30.3 Å². The van der Waals surface area contributed by atoms with Crippen LogP contribution in [0.3, 0.4) is 0 Å². The second-order valence-corrected chi connectivity index (χ2v) is 4.83. The first kappa shape index (κ1) is 14.6. The highest BCUT2D eigenvalue weighted by atomic mass is 16.5. The third kappa shape index (κ3) is 3.86. The lowest BCUT2D eigenvalue weighted by molar-refractivity contribution is -0.0807. The van der Waals surface area contributed by atoms with Crippen LogP contribution in [0, 0.1) is 11.3 Å². The third-order valence-electron chi connectivity index (χ3n) is 3.59. The average Bonchev–Trinajstić information content (AvgIpc) is 2.52. The number of anilines is 1. The Labute approximate surface area is 119 Å². The van der Waals surface area contributed by atoms with Gasteiger partial charge < -0.3 is 19.5 Å². The Kier molecular flexibility index (Phi) is 5.22. The van der Waals surface area contributed by atoms with Crippen molar-refractivity contribution in [2.75, 3.05) is 38.8 Å². The monoisotopic (exact) mass is 276 g/mol. The third-order valence-corrected chi connectivity index (χ3v) is 3.59. The molecule has 1 aliphatic heterocycles. The molecule has 108 valence electrons. The van der Waals surface area contributed by atoms with E-state index in [1.54, 1.807) is 7.11 Å². The molecule has 0 unspecified atom stereocenters. The zero-order valence-corrected chi connectivity index (χ0v) is 11.7. The molecule has 0 bridgehead atoms. The Bertz CT molecular complexity index is 464. The summed E-state index contributed by atoms with van der Waals surface area (Å²) in [6.45, 7) is 2.26. The van der Waals surface area contributed by atoms with Gasteiger partial charge in [0.05, 0.1) is 5.60 Å². The zero-order chi connectivity index (χ0) is 14.3. The highest BCUT2D eigenvalue weighted by Gasteiger charge is 2.32. The molecule has 1 aromatic carbocycles. The van der Waals surface area contributed by atoms with Gasteiger partial charge in [-0.25, -0.2) is 0 Å². The summed E-state index contributed by atoms with van der Waals surface area (Å²) in [7, 11) is 1.75. The van der Waals surface area contributed by atoms with Crippen LogP contribution in [0.2, 0.25) is 0 Å². The Morgan fingerprint density at radius 1 is 1.40 bits per heavy atom. The number of rotatable bonds is 6. The number of hydrogen-bond acceptors (Lipinski definition) is 5. The molecule has 1 saturated heterocycles. The number of nitrogens with zero attached hydrogens (tertiary/aromatic N) is 1. The number of nitriles is 1. The second-order valence-electron chi connectivity index (χ2n) is 4.83. The van der Waals surface area contributed by atoms with Crippen molar-refractivity contribution in [2.24, 2.45) is 0 Å². The maximum atomic E-state index is 8.52. The van der Waals surface area contributed by atoms with Crippen LogP contribution in [0.25, 0.3) is 0 Å². The van der Waals surface area contributed by atoms with Gasteiger partial charge >= 0.3 is 0 Å². The number of nitrogens with one attached hydrogen (secondary N) is 1. The maximum absolute atomic E-state index is 8.52. The second kappa shape index (κ2) is 7.13. The van der Waals surface area contributed by atoms with Gasteiger partial charge in [0.25, 0.3) is 0 Å². The van der Waals surface area contributed by atoms with Crippen molar-refractivity contribution in [3.63, 3.8) is 0 Å². The Hall–Kier alpha value is -1.77. The molecule has 0 saturated carbocycles. The fraction of sp³-hybridized carbons (Fsp3) is 0.533. The van der Waals surface area contributed by atoms with Crippen molar-refractivity contribution in [1.29, 1.82) is 5.26 Å². The number of hydrogen-bond donors (Lipinski definition) is 1. The summed E-state index contributed by atoms with van der Waals surface area (Å²) < 4.78 is 16.3. The van der Waals surface area contributed by atoms with Crippen LogP contribution in [0.15, 0.2) is 24.3 Å². The van der Waals surface area contributed by atoms with E-state index >= 15 is 0 Å². The maximum Gasteiger partial charge on any atom is 0.174 e. The quantitative estimate of drug-likeness (QED) is 0.863. The Balaban J connectivity index is 1.94. The van der Waals surface area contributed by atoms with Gasteiger partial charge in [-0.05, 0) is 12.1 Å². The molecular weight excluding hydrogens is 256 g/mol. The molecule has 0 aromatic heterocycles. The van der Waals surface area contributed by atoms with Crippen molar-refractivity contribution >= 4 is 5.69 Å². The summed E-state index contributed by atoms with van der Waals surface area (Å²) in [6, 6.07) is 9.56. The van der Waals surface area contributed by atoms with Crippen molar-refractivity contribution in [3.8, 4) is 11.8 Å². The molecular formula is C15H20N2O3. The average molecular weight is 276 g/mol. The molecule has 1 N–H and O–H groups in total. The smallest absolute Gasteiger partial charge is 0.174 e. The SMILES string of the molecule is COC1(CNc2cccc(OCC#N)c2)CCOCC1. The van der Waals surface area contributed by atoms with Crippen LogP contribution < -0.4 is 10.1 Å². The van der Waals surface area contributed by atoms with Gasteiger partial charge in [0.15, 0.2) is 6.61 Å². The molecule has 1 aliphatic rings. The summed E-state index contributed by atoms with van der Waals surface area (Å²) in [5, 5.41) is 11.9. The van der Waals surface area contributed by atoms with E-state index in [-0.39, 0.29) is 12.2 Å². The van der Waals surface area contributed by atoms with Crippen molar-refractivity contribution < 1.29 is 14.2 Å². The lowest BCUT2D eigenvalue weighted by Gasteiger charge is -2.36. The van der Waals surface area contributed by atoms with E-state index in [0.717, 1.165) is 38.3 Å². The summed E-state index contributed by atoms with van der Waals surface area (Å²) in [6.07, 6.45) is 1.78. The molecule has 0 atom stereocenters. The van der Waals surface area contributed by atoms with Gasteiger partial charge in [-0.3, -0.25) is 0 Å². The standard InChI is InChI=1S/C15H20N2O3/c1-18-15(5-8-19-9-6-15)12-17-13-3-2-4-14(11-13)20-10-7-16/h2-4,11,17H,5-6,8-10,12H2,1H3. The lowest BCUT2D eigenvalue weighted by atomic mass is 9.94. The number of ether oxygens (including phenoxy) is 3. The van der Waals surface area contributed by atoms with Gasteiger partial charge in [-0.1, -0.05) is 6.07 Å². The molecule has 0 amide bonds. The van der Waals surface area contributed by atoms with E-state index in [9.17, 15) is 0 Å². The lowest BCUT2D eigenvalue weighted by Crippen LogP contribution is -2.44. The normalized spacial score (nSPS) is 17.2. The Morgan fingerprint density at radius 3 is 2.90 bits per heavy atom. The number of methoxy groups -OCH3 is 1. The first-order valence-corrected chi connectivity index (χ1v) is 6.75. The minimum atomic E-state index is -0.165. The van der Waals surface area contributed by atoms with E-state index in [0.29, 0.717) is 5.75 Å². The minimum Gasteiger partial charge on any atom is -0.479 e. The zero-order valence-electron chi connectivity index (χ0n) is 11.7. The molecule has 5 heteroatoms. The molecule has 5 nitrogen and oxygen atoms in total. The molecule has 0 aliphatic carbocycles. The van der Waals surface area contributed by atoms with Crippen LogP contribution in [0.1, 0.15) is 12.8 Å². The van der Waals surface area contributed by atoms with Gasteiger partial charge in [0.2, 0.25) is 0 Å². The fourth-order valence-electron chi connectivity index (χ4n) is 2.27. The molecule has 2 rings (SSSR count). The van der Waals surface area contributed by atoms with Gasteiger partial charge in [0, 0.05) is 51.5 Å². The predicted octanol–water partition coefficient (Wildman–Crippen LogP) is 2.20. The largest absolute Gasteiger partial charge is 0.479 e. The molecule has 1 fully saturated rings. The van der Waals surface area contributed by atoms with E-state index in [1.165, 1.54) is 0 Å². The van der Waals surface area contributed by atoms with Crippen molar-refractivity contribution in [1.82, 2.24) is 0 Å². The minimum absolute atomic E-state index is 0.0583. The van der Waals surface area contributed by atoms with E-state index < -0.39 is 0 Å². The summed E-state index contributed by atoms with van der Waals surface area (Å²) in [4.78, 5) is 0. The highest BCUT2D eigenvalue weighted by Crippen LogP contribution is 2.26. The first-order valence-electron chi connectivity index (χ1n) is 6.75. The van der Waals surface area contributed by atoms with Gasteiger partial charge in [-0.2, -0.15) is 5.26 Å². The van der Waals surface area contributed by atoms with Crippen LogP contribution in [0.5, 0.6) is 5.75 Å². The molecule has 0 radical (unpaired) electrons. The molecule has 1 heterocycles. The molecule has 0 spiro atoms. The van der Waals surface area contributed by atoms with Gasteiger partial charge in [0.1, 0.15) is 11.8 Å². The van der Waals surface area contributed by atoms with Crippen LogP contribution in [-0.4, -0.2) is 39.1 Å².